The third-order valence-electron chi connectivity index (χ3n) is 2.79. The van der Waals surface area contributed by atoms with Crippen molar-refractivity contribution in [2.75, 3.05) is 7.11 Å². The largest absolute Gasteiger partial charge is 0.475 e. The number of esters is 1. The van der Waals surface area contributed by atoms with E-state index in [1.165, 1.54) is 13.2 Å². The zero-order valence-electron chi connectivity index (χ0n) is 12.2. The first-order chi connectivity index (χ1) is 10.0. The molecule has 1 aromatic heterocycles. The number of furan rings is 1. The molecule has 0 aliphatic heterocycles. The molecule has 0 radical (unpaired) electrons. The summed E-state index contributed by atoms with van der Waals surface area (Å²) in [6.45, 7) is 5.69. The minimum atomic E-state index is -1.37. The average molecular weight is 292 g/mol. The Bertz CT molecular complexity index is 696. The fraction of sp³-hybridized carbons (Fsp3) is 0.267. The van der Waals surface area contributed by atoms with Gasteiger partial charge in [0.05, 0.1) is 18.2 Å². The van der Waals surface area contributed by atoms with Gasteiger partial charge in [-0.25, -0.2) is 9.59 Å². The lowest BCUT2D eigenvalue weighted by atomic mass is 10.0. The number of carbonyl (C=O) groups excluding carboxylic acids is 2. The van der Waals surface area contributed by atoms with Crippen LogP contribution >= 0.6 is 0 Å². The summed E-state index contributed by atoms with van der Waals surface area (Å²) in [5, 5.41) is 9.17. The first kappa shape index (κ1) is 16.4. The Morgan fingerprint density at radius 1 is 1.29 bits per heavy atom. The number of methoxy groups -OCH3 is 1. The maximum atomic E-state index is 11.7. The Hall–Kier alpha value is -2.63. The number of aromatic carboxylic acids is 1. The molecule has 0 amide bonds. The summed E-state index contributed by atoms with van der Waals surface area (Å²) in [5.41, 5.74) is 0.758. The fourth-order valence-corrected chi connectivity index (χ4v) is 1.91. The zero-order valence-corrected chi connectivity index (χ0v) is 12.2. The number of aryl methyl sites for hydroxylation is 1. The number of aldehydes is 1. The van der Waals surface area contributed by atoms with Crippen LogP contribution in [0, 0.1) is 6.92 Å². The summed E-state index contributed by atoms with van der Waals surface area (Å²) in [6.07, 6.45) is 0.362. The van der Waals surface area contributed by atoms with Crippen molar-refractivity contribution in [2.45, 2.75) is 20.8 Å². The SMILES string of the molecule is CC.COC(=O)c1ccc(C)c2oc(C(=O)O)c(C=O)c12. The summed E-state index contributed by atoms with van der Waals surface area (Å²) in [5.74, 6) is -2.51. The van der Waals surface area contributed by atoms with Crippen molar-refractivity contribution in [3.05, 3.63) is 34.6 Å². The van der Waals surface area contributed by atoms with Crippen LogP contribution in [0.4, 0.5) is 0 Å². The highest BCUT2D eigenvalue weighted by atomic mass is 16.5. The molecule has 0 aliphatic rings. The van der Waals surface area contributed by atoms with E-state index in [9.17, 15) is 14.4 Å². The van der Waals surface area contributed by atoms with Gasteiger partial charge >= 0.3 is 11.9 Å². The van der Waals surface area contributed by atoms with Gasteiger partial charge in [0.2, 0.25) is 5.76 Å². The first-order valence-corrected chi connectivity index (χ1v) is 6.34. The van der Waals surface area contributed by atoms with Crippen molar-refractivity contribution in [1.29, 1.82) is 0 Å². The number of benzene rings is 1. The summed E-state index contributed by atoms with van der Waals surface area (Å²) in [4.78, 5) is 33.8. The van der Waals surface area contributed by atoms with E-state index in [1.54, 1.807) is 13.0 Å². The third-order valence-corrected chi connectivity index (χ3v) is 2.79. The van der Waals surface area contributed by atoms with E-state index in [4.69, 9.17) is 9.52 Å². The molecule has 1 N–H and O–H groups in total. The monoisotopic (exact) mass is 292 g/mol. The standard InChI is InChI=1S/C13H10O6.C2H6/c1-6-3-4-7(13(17)18-2)9-8(5-14)11(12(15)16)19-10(6)9;1-2/h3-5H,1-2H3,(H,15,16);1-2H3. The fourth-order valence-electron chi connectivity index (χ4n) is 1.91. The van der Waals surface area contributed by atoms with Gasteiger partial charge in [-0.3, -0.25) is 4.79 Å². The molecule has 2 aromatic rings. The molecule has 6 heteroatoms. The van der Waals surface area contributed by atoms with E-state index >= 15 is 0 Å². The van der Waals surface area contributed by atoms with E-state index < -0.39 is 17.7 Å². The third kappa shape index (κ3) is 2.79. The number of carboxylic acids is 1. The highest BCUT2D eigenvalue weighted by Crippen LogP contribution is 2.31. The van der Waals surface area contributed by atoms with Crippen LogP contribution in [0.3, 0.4) is 0 Å². The van der Waals surface area contributed by atoms with Crippen LogP contribution in [-0.2, 0) is 4.74 Å². The van der Waals surface area contributed by atoms with Crippen LogP contribution in [0.2, 0.25) is 0 Å². The second-order valence-electron chi connectivity index (χ2n) is 3.89. The molecule has 112 valence electrons. The summed E-state index contributed by atoms with van der Waals surface area (Å²) in [7, 11) is 1.20. The van der Waals surface area contributed by atoms with Gasteiger partial charge in [-0.15, -0.1) is 0 Å². The molecule has 0 atom stereocenters. The van der Waals surface area contributed by atoms with Crippen LogP contribution in [-0.4, -0.2) is 30.4 Å². The number of hydrogen-bond acceptors (Lipinski definition) is 5. The zero-order chi connectivity index (χ0) is 16.2. The molecule has 6 nitrogen and oxygen atoms in total. The number of carbonyl (C=O) groups is 3. The van der Waals surface area contributed by atoms with Gasteiger partial charge in [-0.2, -0.15) is 0 Å². The predicted octanol–water partition coefficient (Wildman–Crippen LogP) is 3.06. The van der Waals surface area contributed by atoms with Gasteiger partial charge in [0.25, 0.3) is 0 Å². The lowest BCUT2D eigenvalue weighted by molar-refractivity contribution is 0.0601. The molecule has 0 saturated carbocycles. The Morgan fingerprint density at radius 2 is 1.90 bits per heavy atom. The Labute approximate surface area is 121 Å². The maximum Gasteiger partial charge on any atom is 0.372 e. The summed E-state index contributed by atoms with van der Waals surface area (Å²) < 4.78 is 9.79. The van der Waals surface area contributed by atoms with Gasteiger partial charge in [-0.05, 0) is 18.6 Å². The first-order valence-electron chi connectivity index (χ1n) is 6.34. The average Bonchev–Trinajstić information content (AvgIpc) is 2.89. The molecular weight excluding hydrogens is 276 g/mol. The molecule has 0 aliphatic carbocycles. The van der Waals surface area contributed by atoms with Crippen molar-refractivity contribution in [3.8, 4) is 0 Å². The normalized spacial score (nSPS) is 9.71. The van der Waals surface area contributed by atoms with E-state index in [1.807, 2.05) is 13.8 Å². The van der Waals surface area contributed by atoms with Gasteiger partial charge in [0, 0.05) is 5.39 Å². The minimum absolute atomic E-state index is 0.0986. The van der Waals surface area contributed by atoms with Crippen LogP contribution in [0.25, 0.3) is 11.0 Å². The summed E-state index contributed by atoms with van der Waals surface area (Å²) in [6, 6.07) is 3.07. The lowest BCUT2D eigenvalue weighted by Gasteiger charge is -2.02. The van der Waals surface area contributed by atoms with Crippen molar-refractivity contribution in [2.24, 2.45) is 0 Å². The van der Waals surface area contributed by atoms with E-state index in [0.717, 1.165) is 0 Å². The van der Waals surface area contributed by atoms with Crippen LogP contribution < -0.4 is 0 Å². The van der Waals surface area contributed by atoms with Crippen molar-refractivity contribution >= 4 is 29.2 Å². The van der Waals surface area contributed by atoms with Crippen molar-refractivity contribution in [3.63, 3.8) is 0 Å². The Morgan fingerprint density at radius 3 is 2.38 bits per heavy atom. The van der Waals surface area contributed by atoms with Gasteiger partial charge < -0.3 is 14.3 Å². The second-order valence-corrected chi connectivity index (χ2v) is 3.89. The number of hydrogen-bond donors (Lipinski definition) is 1. The van der Waals surface area contributed by atoms with Crippen molar-refractivity contribution in [1.82, 2.24) is 0 Å². The van der Waals surface area contributed by atoms with Gasteiger partial charge in [0.15, 0.2) is 6.29 Å². The van der Waals surface area contributed by atoms with E-state index in [-0.39, 0.29) is 22.1 Å². The van der Waals surface area contributed by atoms with Gasteiger partial charge in [0.1, 0.15) is 5.58 Å². The van der Waals surface area contributed by atoms with Crippen LogP contribution in [0.1, 0.15) is 50.7 Å². The number of fused-ring (bicyclic) bond motifs is 1. The topological polar surface area (TPSA) is 93.8 Å². The molecule has 1 aromatic carbocycles. The smallest absolute Gasteiger partial charge is 0.372 e. The van der Waals surface area contributed by atoms with Gasteiger partial charge in [-0.1, -0.05) is 19.9 Å². The van der Waals surface area contributed by atoms with Crippen molar-refractivity contribution < 1.29 is 28.6 Å². The Balaban J connectivity index is 0.00000106. The van der Waals surface area contributed by atoms with Crippen LogP contribution in [0.15, 0.2) is 16.5 Å². The molecule has 1 heterocycles. The van der Waals surface area contributed by atoms with E-state index in [2.05, 4.69) is 4.74 Å². The highest BCUT2D eigenvalue weighted by Gasteiger charge is 2.25. The predicted molar refractivity (Wildman–Crippen MR) is 76.0 cm³/mol. The number of ether oxygens (including phenoxy) is 1. The molecule has 0 unspecified atom stereocenters. The molecular formula is C15H16O6. The Kier molecular flexibility index (Phi) is 5.24. The number of carboxylic acid groups (broad SMARTS) is 1. The number of rotatable bonds is 3. The second kappa shape index (κ2) is 6.69. The maximum absolute atomic E-state index is 11.7. The molecule has 0 saturated heterocycles. The lowest BCUT2D eigenvalue weighted by Crippen LogP contribution is -2.04. The molecule has 0 spiro atoms. The molecule has 2 rings (SSSR count). The molecule has 0 bridgehead atoms. The van der Waals surface area contributed by atoms with Crippen LogP contribution in [0.5, 0.6) is 0 Å². The molecule has 0 fully saturated rings. The highest BCUT2D eigenvalue weighted by molar-refractivity contribution is 6.14. The molecule has 21 heavy (non-hydrogen) atoms. The van der Waals surface area contributed by atoms with E-state index in [0.29, 0.717) is 11.8 Å². The summed E-state index contributed by atoms with van der Waals surface area (Å²) >= 11 is 0. The quantitative estimate of drug-likeness (QED) is 0.690. The minimum Gasteiger partial charge on any atom is -0.475 e.